The second kappa shape index (κ2) is 5.31. The van der Waals surface area contributed by atoms with Crippen LogP contribution in [0, 0.1) is 6.92 Å². The van der Waals surface area contributed by atoms with E-state index in [-0.39, 0.29) is 0 Å². The Hall–Kier alpha value is -1.77. The Bertz CT molecular complexity index is 759. The molecule has 3 rings (SSSR count). The van der Waals surface area contributed by atoms with E-state index in [4.69, 9.17) is 17.3 Å². The predicted octanol–water partition coefficient (Wildman–Crippen LogP) is 4.11. The highest BCUT2D eigenvalue weighted by Crippen LogP contribution is 2.25. The summed E-state index contributed by atoms with van der Waals surface area (Å²) in [6.45, 7) is 3.48. The van der Waals surface area contributed by atoms with Crippen molar-refractivity contribution in [3.63, 3.8) is 0 Å². The molecule has 2 nitrogen and oxygen atoms in total. The molecular weight excluding hydrogens is 268 g/mol. The quantitative estimate of drug-likeness (QED) is 0.771. The Morgan fingerprint density at radius 2 is 2.00 bits per heavy atom. The number of fused-ring (bicyclic) bond motifs is 1. The average molecular weight is 285 g/mol. The maximum atomic E-state index is 6.13. The van der Waals surface area contributed by atoms with Gasteiger partial charge in [-0.05, 0) is 30.2 Å². The van der Waals surface area contributed by atoms with Gasteiger partial charge in [-0.1, -0.05) is 47.5 Å². The minimum atomic E-state index is 0.541. The first kappa shape index (κ1) is 13.2. The smallest absolute Gasteiger partial charge is 0.0501 e. The van der Waals surface area contributed by atoms with Crippen molar-refractivity contribution in [1.29, 1.82) is 0 Å². The highest BCUT2D eigenvalue weighted by molar-refractivity contribution is 6.31. The third kappa shape index (κ3) is 2.45. The van der Waals surface area contributed by atoms with Gasteiger partial charge in [-0.3, -0.25) is 0 Å². The molecule has 1 heterocycles. The number of nitrogens with zero attached hydrogens (tertiary/aromatic N) is 1. The second-order valence-corrected chi connectivity index (χ2v) is 5.57. The van der Waals surface area contributed by atoms with Crippen molar-refractivity contribution < 1.29 is 0 Å². The topological polar surface area (TPSA) is 30.9 Å². The molecule has 0 aliphatic rings. The summed E-state index contributed by atoms with van der Waals surface area (Å²) in [4.78, 5) is 0. The summed E-state index contributed by atoms with van der Waals surface area (Å²) >= 11 is 6.13. The van der Waals surface area contributed by atoms with Gasteiger partial charge in [-0.15, -0.1) is 0 Å². The van der Waals surface area contributed by atoms with Gasteiger partial charge in [0, 0.05) is 29.7 Å². The molecule has 0 saturated heterocycles. The molecule has 2 aromatic carbocycles. The van der Waals surface area contributed by atoms with Gasteiger partial charge in [-0.25, -0.2) is 0 Å². The third-order valence-electron chi connectivity index (χ3n) is 3.58. The fraction of sp³-hybridized carbons (Fsp3) is 0.176. The Morgan fingerprint density at radius 1 is 1.15 bits per heavy atom. The molecule has 0 spiro atoms. The molecule has 0 bridgehead atoms. The zero-order chi connectivity index (χ0) is 14.1. The molecular formula is C17H17ClN2. The SMILES string of the molecule is Cc1cccc(Cn2cc(CN)c3ccc(Cl)cc32)c1. The van der Waals surface area contributed by atoms with Gasteiger partial charge in [0.05, 0.1) is 5.52 Å². The first-order chi connectivity index (χ1) is 9.67. The molecule has 1 aromatic heterocycles. The van der Waals surface area contributed by atoms with Crippen LogP contribution in [0.25, 0.3) is 10.9 Å². The van der Waals surface area contributed by atoms with E-state index in [9.17, 15) is 0 Å². The summed E-state index contributed by atoms with van der Waals surface area (Å²) in [5, 5.41) is 1.94. The van der Waals surface area contributed by atoms with Gasteiger partial charge in [-0.2, -0.15) is 0 Å². The molecule has 3 aromatic rings. The van der Waals surface area contributed by atoms with E-state index < -0.39 is 0 Å². The number of nitrogens with two attached hydrogens (primary N) is 1. The summed E-state index contributed by atoms with van der Waals surface area (Å²) in [7, 11) is 0. The Kier molecular flexibility index (Phi) is 3.51. The van der Waals surface area contributed by atoms with Crippen molar-refractivity contribution >= 4 is 22.5 Å². The Morgan fingerprint density at radius 3 is 2.75 bits per heavy atom. The minimum Gasteiger partial charge on any atom is -0.343 e. The molecule has 0 atom stereocenters. The lowest BCUT2D eigenvalue weighted by Gasteiger charge is -2.06. The van der Waals surface area contributed by atoms with Crippen LogP contribution in [0.4, 0.5) is 0 Å². The number of aromatic nitrogens is 1. The van der Waals surface area contributed by atoms with Crippen LogP contribution in [0.3, 0.4) is 0 Å². The largest absolute Gasteiger partial charge is 0.343 e. The summed E-state index contributed by atoms with van der Waals surface area (Å²) in [6.07, 6.45) is 2.13. The lowest BCUT2D eigenvalue weighted by Crippen LogP contribution is -1.99. The maximum Gasteiger partial charge on any atom is 0.0501 e. The summed E-state index contributed by atoms with van der Waals surface area (Å²) in [5.41, 5.74) is 10.7. The van der Waals surface area contributed by atoms with Crippen LogP contribution in [-0.4, -0.2) is 4.57 Å². The first-order valence-corrected chi connectivity index (χ1v) is 7.08. The van der Waals surface area contributed by atoms with Crippen LogP contribution in [0.2, 0.25) is 5.02 Å². The predicted molar refractivity (Wildman–Crippen MR) is 85.1 cm³/mol. The zero-order valence-corrected chi connectivity index (χ0v) is 12.2. The van der Waals surface area contributed by atoms with Crippen LogP contribution < -0.4 is 5.73 Å². The van der Waals surface area contributed by atoms with Crippen molar-refractivity contribution in [2.45, 2.75) is 20.0 Å². The maximum absolute atomic E-state index is 6.13. The molecule has 102 valence electrons. The molecule has 0 aliphatic carbocycles. The van der Waals surface area contributed by atoms with Gasteiger partial charge in [0.25, 0.3) is 0 Å². The van der Waals surface area contributed by atoms with Crippen LogP contribution in [0.5, 0.6) is 0 Å². The zero-order valence-electron chi connectivity index (χ0n) is 11.4. The molecule has 3 heteroatoms. The van der Waals surface area contributed by atoms with E-state index in [0.29, 0.717) is 6.54 Å². The van der Waals surface area contributed by atoms with E-state index in [1.807, 2.05) is 18.2 Å². The third-order valence-corrected chi connectivity index (χ3v) is 3.82. The minimum absolute atomic E-state index is 0.541. The number of hydrogen-bond donors (Lipinski definition) is 1. The highest BCUT2D eigenvalue weighted by atomic mass is 35.5. The lowest BCUT2D eigenvalue weighted by atomic mass is 10.1. The van der Waals surface area contributed by atoms with Crippen molar-refractivity contribution in [3.05, 3.63) is 70.4 Å². The van der Waals surface area contributed by atoms with E-state index >= 15 is 0 Å². The summed E-state index contributed by atoms with van der Waals surface area (Å²) in [5.74, 6) is 0. The van der Waals surface area contributed by atoms with Crippen LogP contribution in [0.15, 0.2) is 48.7 Å². The van der Waals surface area contributed by atoms with Gasteiger partial charge in [0.15, 0.2) is 0 Å². The summed E-state index contributed by atoms with van der Waals surface area (Å²) < 4.78 is 2.22. The van der Waals surface area contributed by atoms with Gasteiger partial charge in [0.2, 0.25) is 0 Å². The van der Waals surface area contributed by atoms with Crippen molar-refractivity contribution in [2.75, 3.05) is 0 Å². The normalized spacial score (nSPS) is 11.2. The number of benzene rings is 2. The standard InChI is InChI=1S/C17H17ClN2/c1-12-3-2-4-13(7-12)10-20-11-14(9-19)16-6-5-15(18)8-17(16)20/h2-8,11H,9-10,19H2,1H3. The molecule has 0 fully saturated rings. The lowest BCUT2D eigenvalue weighted by molar-refractivity contribution is 0.828. The number of hydrogen-bond acceptors (Lipinski definition) is 1. The second-order valence-electron chi connectivity index (χ2n) is 5.14. The number of aryl methyl sites for hydroxylation is 1. The van der Waals surface area contributed by atoms with Crippen LogP contribution in [-0.2, 0) is 13.1 Å². The monoisotopic (exact) mass is 284 g/mol. The average Bonchev–Trinajstić information content (AvgIpc) is 2.76. The number of halogens is 1. The van der Waals surface area contributed by atoms with Crippen molar-refractivity contribution in [3.8, 4) is 0 Å². The van der Waals surface area contributed by atoms with E-state index in [2.05, 4.69) is 42.0 Å². The number of rotatable bonds is 3. The van der Waals surface area contributed by atoms with Crippen LogP contribution >= 0.6 is 11.6 Å². The first-order valence-electron chi connectivity index (χ1n) is 6.70. The van der Waals surface area contributed by atoms with Crippen molar-refractivity contribution in [2.24, 2.45) is 5.73 Å². The fourth-order valence-corrected chi connectivity index (χ4v) is 2.81. The van der Waals surface area contributed by atoms with Gasteiger partial charge in [0.1, 0.15) is 0 Å². The molecule has 0 radical (unpaired) electrons. The Labute approximate surface area is 123 Å². The molecule has 0 unspecified atom stereocenters. The van der Waals surface area contributed by atoms with E-state index in [1.54, 1.807) is 0 Å². The molecule has 2 N–H and O–H groups in total. The molecule has 20 heavy (non-hydrogen) atoms. The van der Waals surface area contributed by atoms with Crippen molar-refractivity contribution in [1.82, 2.24) is 4.57 Å². The fourth-order valence-electron chi connectivity index (χ4n) is 2.64. The van der Waals surface area contributed by atoms with Gasteiger partial charge < -0.3 is 10.3 Å². The molecule has 0 aliphatic heterocycles. The van der Waals surface area contributed by atoms with Gasteiger partial charge >= 0.3 is 0 Å². The highest BCUT2D eigenvalue weighted by Gasteiger charge is 2.08. The van der Waals surface area contributed by atoms with Crippen LogP contribution in [0.1, 0.15) is 16.7 Å². The van der Waals surface area contributed by atoms with E-state index in [0.717, 1.165) is 22.6 Å². The van der Waals surface area contributed by atoms with E-state index in [1.165, 1.54) is 16.5 Å². The Balaban J connectivity index is 2.09. The summed E-state index contributed by atoms with van der Waals surface area (Å²) in [6, 6.07) is 14.5. The molecule has 0 saturated carbocycles. The molecule has 0 amide bonds.